The van der Waals surface area contributed by atoms with Crippen LogP contribution in [-0.2, 0) is 4.74 Å². The zero-order valence-electron chi connectivity index (χ0n) is 12.8. The van der Waals surface area contributed by atoms with Gasteiger partial charge in [-0.05, 0) is 25.2 Å². The average Bonchev–Trinajstić information content (AvgIpc) is 3.01. The summed E-state index contributed by atoms with van der Waals surface area (Å²) in [6.45, 7) is 5.10. The van der Waals surface area contributed by atoms with Crippen molar-refractivity contribution in [1.29, 1.82) is 0 Å². The zero-order chi connectivity index (χ0) is 15.7. The minimum atomic E-state index is -0.621. The van der Waals surface area contributed by atoms with E-state index in [2.05, 4.69) is 16.8 Å². The van der Waals surface area contributed by atoms with E-state index in [1.54, 1.807) is 5.38 Å². The quantitative estimate of drug-likeness (QED) is 0.873. The number of amides is 1. The number of primary amides is 1. The number of hydrogen-bond acceptors (Lipinski definition) is 6. The van der Waals surface area contributed by atoms with Crippen molar-refractivity contribution < 1.29 is 14.6 Å². The van der Waals surface area contributed by atoms with Crippen LogP contribution in [0.1, 0.15) is 36.7 Å². The van der Waals surface area contributed by atoms with Crippen molar-refractivity contribution in [3.8, 4) is 0 Å². The van der Waals surface area contributed by atoms with E-state index in [0.717, 1.165) is 50.7 Å². The molecule has 0 saturated carbocycles. The first kappa shape index (κ1) is 15.7. The molecule has 3 N–H and O–H groups in total. The predicted molar refractivity (Wildman–Crippen MR) is 85.1 cm³/mol. The highest BCUT2D eigenvalue weighted by Crippen LogP contribution is 2.40. The van der Waals surface area contributed by atoms with Crippen LogP contribution in [0, 0.1) is 11.8 Å². The Morgan fingerprint density at radius 3 is 2.86 bits per heavy atom. The van der Waals surface area contributed by atoms with Gasteiger partial charge in [0.2, 0.25) is 0 Å². The number of nitrogens with zero attached hydrogens (tertiary/aromatic N) is 2. The molecular weight excluding hydrogens is 302 g/mol. The average molecular weight is 325 g/mol. The van der Waals surface area contributed by atoms with Crippen LogP contribution < -0.4 is 10.6 Å². The Kier molecular flexibility index (Phi) is 4.38. The van der Waals surface area contributed by atoms with Gasteiger partial charge in [-0.15, -0.1) is 11.3 Å². The topological polar surface area (TPSA) is 88.7 Å². The third-order valence-electron chi connectivity index (χ3n) is 5.07. The van der Waals surface area contributed by atoms with Gasteiger partial charge in [0.1, 0.15) is 5.69 Å². The van der Waals surface area contributed by atoms with Crippen LogP contribution in [0.25, 0.3) is 0 Å². The molecule has 1 aromatic rings. The largest absolute Gasteiger partial charge is 0.389 e. The number of rotatable bonds is 3. The molecule has 3 heterocycles. The van der Waals surface area contributed by atoms with Crippen molar-refractivity contribution in [2.45, 2.75) is 31.8 Å². The lowest BCUT2D eigenvalue weighted by atomic mass is 9.70. The Bertz CT molecular complexity index is 544. The number of aliphatic hydroxyl groups is 1. The third-order valence-corrected chi connectivity index (χ3v) is 5.97. The zero-order valence-corrected chi connectivity index (χ0v) is 13.6. The molecule has 0 radical (unpaired) electrons. The molecule has 2 fully saturated rings. The molecule has 7 heteroatoms. The van der Waals surface area contributed by atoms with E-state index in [4.69, 9.17) is 10.5 Å². The summed E-state index contributed by atoms with van der Waals surface area (Å²) in [7, 11) is 0. The third kappa shape index (κ3) is 2.85. The Morgan fingerprint density at radius 2 is 2.27 bits per heavy atom. The number of carbonyl (C=O) groups is 1. The summed E-state index contributed by atoms with van der Waals surface area (Å²) in [5, 5.41) is 13.7. The molecule has 1 aromatic heterocycles. The fraction of sp³-hybridized carbons (Fsp3) is 0.733. The molecule has 0 aliphatic carbocycles. The van der Waals surface area contributed by atoms with E-state index < -0.39 is 11.5 Å². The van der Waals surface area contributed by atoms with Gasteiger partial charge < -0.3 is 20.5 Å². The summed E-state index contributed by atoms with van der Waals surface area (Å²) in [5.74, 6) is -0.0209. The Morgan fingerprint density at radius 1 is 1.55 bits per heavy atom. The molecular formula is C15H23N3O3S. The van der Waals surface area contributed by atoms with Crippen LogP contribution in [0.3, 0.4) is 0 Å². The summed E-state index contributed by atoms with van der Waals surface area (Å²) >= 11 is 1.43. The number of hydrogen-bond donors (Lipinski definition) is 2. The number of nitrogens with two attached hydrogens (primary N) is 1. The van der Waals surface area contributed by atoms with Crippen LogP contribution in [-0.4, -0.2) is 47.9 Å². The molecule has 22 heavy (non-hydrogen) atoms. The number of aromatic nitrogens is 1. The molecule has 122 valence electrons. The molecule has 2 aliphatic rings. The standard InChI is InChI=1S/C15H23N3O3S/c1-10-8-18(14-17-12(9-22-14)13(16)19)5-4-15(10,20)11-2-6-21-7-3-11/h9-11,20H,2-8H2,1H3,(H2,16,19)/t10-,15+/m1/s1. The highest BCUT2D eigenvalue weighted by atomic mass is 32.1. The van der Waals surface area contributed by atoms with Crippen molar-refractivity contribution in [1.82, 2.24) is 4.98 Å². The number of anilines is 1. The Hall–Kier alpha value is -1.18. The SMILES string of the molecule is C[C@@H]1CN(c2nc(C(N)=O)cs2)CC[C@@]1(O)C1CCOCC1. The lowest BCUT2D eigenvalue weighted by Crippen LogP contribution is -2.56. The molecule has 0 bridgehead atoms. The molecule has 2 saturated heterocycles. The van der Waals surface area contributed by atoms with E-state index in [1.165, 1.54) is 11.3 Å². The van der Waals surface area contributed by atoms with Gasteiger partial charge in [0.05, 0.1) is 5.60 Å². The highest BCUT2D eigenvalue weighted by Gasteiger charge is 2.45. The molecule has 6 nitrogen and oxygen atoms in total. The van der Waals surface area contributed by atoms with Crippen LogP contribution >= 0.6 is 11.3 Å². The van der Waals surface area contributed by atoms with Crippen LogP contribution in [0.15, 0.2) is 5.38 Å². The van der Waals surface area contributed by atoms with Crippen LogP contribution in [0.5, 0.6) is 0 Å². The smallest absolute Gasteiger partial charge is 0.268 e. The van der Waals surface area contributed by atoms with Gasteiger partial charge in [-0.3, -0.25) is 4.79 Å². The Balaban J connectivity index is 1.69. The van der Waals surface area contributed by atoms with E-state index in [-0.39, 0.29) is 5.92 Å². The first-order valence-corrected chi connectivity index (χ1v) is 8.69. The molecule has 0 unspecified atom stereocenters. The highest BCUT2D eigenvalue weighted by molar-refractivity contribution is 7.13. The summed E-state index contributed by atoms with van der Waals surface area (Å²) in [4.78, 5) is 17.6. The number of thiazole rings is 1. The van der Waals surface area contributed by atoms with E-state index in [9.17, 15) is 9.90 Å². The molecule has 1 amide bonds. The van der Waals surface area contributed by atoms with E-state index in [0.29, 0.717) is 11.6 Å². The van der Waals surface area contributed by atoms with Crippen LogP contribution in [0.4, 0.5) is 5.13 Å². The summed E-state index contributed by atoms with van der Waals surface area (Å²) < 4.78 is 5.41. The van der Waals surface area contributed by atoms with Gasteiger partial charge in [0.15, 0.2) is 5.13 Å². The number of piperidine rings is 1. The molecule has 0 aromatic carbocycles. The maximum Gasteiger partial charge on any atom is 0.268 e. The van der Waals surface area contributed by atoms with Gasteiger partial charge in [0, 0.05) is 37.6 Å². The summed E-state index contributed by atoms with van der Waals surface area (Å²) in [6.07, 6.45) is 2.60. The number of carbonyl (C=O) groups excluding carboxylic acids is 1. The fourth-order valence-electron chi connectivity index (χ4n) is 3.64. The van der Waals surface area contributed by atoms with Crippen molar-refractivity contribution in [2.24, 2.45) is 17.6 Å². The van der Waals surface area contributed by atoms with Crippen molar-refractivity contribution in [3.05, 3.63) is 11.1 Å². The first-order chi connectivity index (χ1) is 10.5. The molecule has 2 atom stereocenters. The maximum absolute atomic E-state index is 11.2. The van der Waals surface area contributed by atoms with Crippen LogP contribution in [0.2, 0.25) is 0 Å². The summed E-state index contributed by atoms with van der Waals surface area (Å²) in [5.41, 5.74) is 4.96. The van der Waals surface area contributed by atoms with E-state index in [1.807, 2.05) is 0 Å². The van der Waals surface area contributed by atoms with Gasteiger partial charge >= 0.3 is 0 Å². The van der Waals surface area contributed by atoms with Gasteiger partial charge in [-0.2, -0.15) is 0 Å². The van der Waals surface area contributed by atoms with Crippen molar-refractivity contribution >= 4 is 22.4 Å². The summed E-state index contributed by atoms with van der Waals surface area (Å²) in [6, 6.07) is 0. The normalized spacial score (nSPS) is 30.5. The maximum atomic E-state index is 11.2. The lowest BCUT2D eigenvalue weighted by molar-refractivity contribution is -0.108. The van der Waals surface area contributed by atoms with Gasteiger partial charge in [0.25, 0.3) is 5.91 Å². The monoisotopic (exact) mass is 325 g/mol. The fourth-order valence-corrected chi connectivity index (χ4v) is 4.49. The minimum absolute atomic E-state index is 0.158. The second-order valence-corrected chi connectivity index (χ2v) is 7.19. The number of ether oxygens (including phenoxy) is 1. The van der Waals surface area contributed by atoms with Gasteiger partial charge in [-0.25, -0.2) is 4.98 Å². The molecule has 0 spiro atoms. The van der Waals surface area contributed by atoms with Crippen molar-refractivity contribution in [2.75, 3.05) is 31.2 Å². The molecule has 2 aliphatic heterocycles. The minimum Gasteiger partial charge on any atom is -0.389 e. The van der Waals surface area contributed by atoms with Gasteiger partial charge in [-0.1, -0.05) is 6.92 Å². The second kappa shape index (κ2) is 6.14. The van der Waals surface area contributed by atoms with E-state index >= 15 is 0 Å². The van der Waals surface area contributed by atoms with Crippen molar-refractivity contribution in [3.63, 3.8) is 0 Å². The molecule has 3 rings (SSSR count). The first-order valence-electron chi connectivity index (χ1n) is 7.81. The predicted octanol–water partition coefficient (Wildman–Crippen LogP) is 1.25. The lowest BCUT2D eigenvalue weighted by Gasteiger charge is -2.48. The Labute approximate surface area is 134 Å². The second-order valence-electron chi connectivity index (χ2n) is 6.35.